The monoisotopic (exact) mass is 390 g/mol. The van der Waals surface area contributed by atoms with E-state index in [-0.39, 0.29) is 6.10 Å². The molecule has 29 heavy (non-hydrogen) atoms. The molecule has 0 bridgehead atoms. The van der Waals surface area contributed by atoms with Crippen LogP contribution in [0.2, 0.25) is 0 Å². The maximum atomic E-state index is 5.71. The van der Waals surface area contributed by atoms with E-state index >= 15 is 0 Å². The first-order valence-electron chi connectivity index (χ1n) is 10.1. The van der Waals surface area contributed by atoms with Crippen LogP contribution in [0.25, 0.3) is 11.3 Å². The van der Waals surface area contributed by atoms with E-state index in [4.69, 9.17) is 14.5 Å². The largest absolute Gasteiger partial charge is 0.494 e. The van der Waals surface area contributed by atoms with Crippen LogP contribution in [0, 0.1) is 0 Å². The second-order valence-electron chi connectivity index (χ2n) is 6.93. The number of ether oxygens (including phenoxy) is 2. The van der Waals surface area contributed by atoms with E-state index in [2.05, 4.69) is 15.6 Å². The highest BCUT2D eigenvalue weighted by Crippen LogP contribution is 2.24. The lowest BCUT2D eigenvalue weighted by molar-refractivity contribution is 0.120. The lowest BCUT2D eigenvalue weighted by atomic mass is 10.1. The molecule has 0 saturated carbocycles. The second kappa shape index (κ2) is 9.39. The summed E-state index contributed by atoms with van der Waals surface area (Å²) in [7, 11) is 0. The van der Waals surface area contributed by atoms with Gasteiger partial charge in [0.05, 0.1) is 18.4 Å². The summed E-state index contributed by atoms with van der Waals surface area (Å²) in [6.07, 6.45) is 2.45. The molecule has 150 valence electrons. The molecule has 0 spiro atoms. The lowest BCUT2D eigenvalue weighted by Crippen LogP contribution is -2.19. The summed E-state index contributed by atoms with van der Waals surface area (Å²) in [5.41, 5.74) is 2.82. The van der Waals surface area contributed by atoms with Crippen LogP contribution in [0.3, 0.4) is 0 Å². The second-order valence-corrected chi connectivity index (χ2v) is 6.93. The van der Waals surface area contributed by atoms with Crippen LogP contribution in [-0.4, -0.2) is 35.8 Å². The van der Waals surface area contributed by atoms with Gasteiger partial charge in [-0.15, -0.1) is 0 Å². The molecule has 0 amide bonds. The number of rotatable bonds is 8. The van der Waals surface area contributed by atoms with Crippen molar-refractivity contribution >= 4 is 17.5 Å². The molecule has 1 saturated heterocycles. The molecule has 1 aliphatic rings. The van der Waals surface area contributed by atoms with Crippen molar-refractivity contribution in [3.63, 3.8) is 0 Å². The molecule has 1 aromatic heterocycles. The summed E-state index contributed by atoms with van der Waals surface area (Å²) in [6.45, 7) is 4.21. The maximum Gasteiger partial charge on any atom is 0.229 e. The molecule has 2 aromatic carbocycles. The van der Waals surface area contributed by atoms with Crippen molar-refractivity contribution in [1.29, 1.82) is 0 Å². The molecule has 6 nitrogen and oxygen atoms in total. The first-order chi connectivity index (χ1) is 14.3. The average Bonchev–Trinajstić information content (AvgIpc) is 3.28. The van der Waals surface area contributed by atoms with Gasteiger partial charge < -0.3 is 20.1 Å². The Morgan fingerprint density at radius 3 is 2.62 bits per heavy atom. The summed E-state index contributed by atoms with van der Waals surface area (Å²) in [5.74, 6) is 2.17. The van der Waals surface area contributed by atoms with Crippen molar-refractivity contribution in [2.45, 2.75) is 25.9 Å². The summed E-state index contributed by atoms with van der Waals surface area (Å²) in [5, 5.41) is 6.72. The first kappa shape index (κ1) is 19.2. The fraction of sp³-hybridized carbons (Fsp3) is 0.304. The topological polar surface area (TPSA) is 68.3 Å². The highest BCUT2D eigenvalue weighted by atomic mass is 16.5. The predicted octanol–water partition coefficient (Wildman–Crippen LogP) is 4.88. The molecule has 3 aromatic rings. The molecule has 0 aliphatic carbocycles. The maximum absolute atomic E-state index is 5.71. The van der Waals surface area contributed by atoms with Gasteiger partial charge in [0.15, 0.2) is 0 Å². The van der Waals surface area contributed by atoms with Crippen LogP contribution >= 0.6 is 0 Å². The Balaban J connectivity index is 1.56. The lowest BCUT2D eigenvalue weighted by Gasteiger charge is -2.14. The Hall–Kier alpha value is -3.12. The fourth-order valence-electron chi connectivity index (χ4n) is 3.30. The third kappa shape index (κ3) is 5.23. The van der Waals surface area contributed by atoms with Crippen molar-refractivity contribution in [3.8, 4) is 17.0 Å². The van der Waals surface area contributed by atoms with Crippen LogP contribution in [0.1, 0.15) is 19.8 Å². The first-order valence-corrected chi connectivity index (χ1v) is 10.1. The molecule has 1 atom stereocenters. The summed E-state index contributed by atoms with van der Waals surface area (Å²) in [4.78, 5) is 9.37. The molecule has 1 aliphatic heterocycles. The van der Waals surface area contributed by atoms with Gasteiger partial charge in [0.25, 0.3) is 0 Å². The number of aromatic nitrogens is 2. The van der Waals surface area contributed by atoms with Gasteiger partial charge >= 0.3 is 0 Å². The van der Waals surface area contributed by atoms with Crippen molar-refractivity contribution in [1.82, 2.24) is 9.97 Å². The predicted molar refractivity (Wildman–Crippen MR) is 116 cm³/mol. The van der Waals surface area contributed by atoms with Crippen LogP contribution in [0.15, 0.2) is 60.7 Å². The zero-order chi connectivity index (χ0) is 19.9. The summed E-state index contributed by atoms with van der Waals surface area (Å²) in [6, 6.07) is 19.9. The average molecular weight is 390 g/mol. The minimum Gasteiger partial charge on any atom is -0.494 e. The molecule has 2 heterocycles. The van der Waals surface area contributed by atoms with Gasteiger partial charge in [-0.1, -0.05) is 30.3 Å². The number of hydrogen-bond donors (Lipinski definition) is 2. The fourth-order valence-corrected chi connectivity index (χ4v) is 3.30. The molecule has 1 unspecified atom stereocenters. The van der Waals surface area contributed by atoms with E-state index in [1.165, 1.54) is 0 Å². The van der Waals surface area contributed by atoms with E-state index in [1.807, 2.05) is 67.6 Å². The van der Waals surface area contributed by atoms with E-state index in [0.29, 0.717) is 12.6 Å². The standard InChI is InChI=1S/C23H26N4O2/c1-2-28-19-12-10-18(11-13-19)25-23-26-21(17-7-4-3-5-8-17)15-22(27-23)24-16-20-9-6-14-29-20/h3-5,7-8,10-13,15,20H,2,6,9,14,16H2,1H3,(H2,24,25,26,27). The molecular weight excluding hydrogens is 364 g/mol. The highest BCUT2D eigenvalue weighted by molar-refractivity contribution is 5.66. The Kier molecular flexibility index (Phi) is 6.22. The molecule has 6 heteroatoms. The molecular formula is C23H26N4O2. The van der Waals surface area contributed by atoms with Gasteiger partial charge in [0, 0.05) is 30.5 Å². The van der Waals surface area contributed by atoms with Gasteiger partial charge in [0.2, 0.25) is 5.95 Å². The van der Waals surface area contributed by atoms with E-state index in [1.54, 1.807) is 0 Å². The number of nitrogens with zero attached hydrogens (tertiary/aromatic N) is 2. The molecule has 4 rings (SSSR count). The van der Waals surface area contributed by atoms with E-state index < -0.39 is 0 Å². The van der Waals surface area contributed by atoms with Crippen LogP contribution < -0.4 is 15.4 Å². The number of anilines is 3. The Morgan fingerprint density at radius 1 is 1.07 bits per heavy atom. The summed E-state index contributed by atoms with van der Waals surface area (Å²) >= 11 is 0. The van der Waals surface area contributed by atoms with Crippen molar-refractivity contribution < 1.29 is 9.47 Å². The number of hydrogen-bond acceptors (Lipinski definition) is 6. The zero-order valence-electron chi connectivity index (χ0n) is 16.6. The van der Waals surface area contributed by atoms with Gasteiger partial charge in [-0.3, -0.25) is 0 Å². The van der Waals surface area contributed by atoms with Gasteiger partial charge in [-0.05, 0) is 44.0 Å². The minimum absolute atomic E-state index is 0.243. The van der Waals surface area contributed by atoms with E-state index in [9.17, 15) is 0 Å². The molecule has 0 radical (unpaired) electrons. The van der Waals surface area contributed by atoms with Gasteiger partial charge in [0.1, 0.15) is 11.6 Å². The third-order valence-electron chi connectivity index (χ3n) is 4.75. The van der Waals surface area contributed by atoms with Gasteiger partial charge in [-0.2, -0.15) is 4.98 Å². The van der Waals surface area contributed by atoms with Crippen molar-refractivity contribution in [2.75, 3.05) is 30.4 Å². The number of nitrogens with one attached hydrogen (secondary N) is 2. The Morgan fingerprint density at radius 2 is 1.90 bits per heavy atom. The highest BCUT2D eigenvalue weighted by Gasteiger charge is 2.16. The molecule has 2 N–H and O–H groups in total. The minimum atomic E-state index is 0.243. The Labute approximate surface area is 171 Å². The quantitative estimate of drug-likeness (QED) is 0.572. The van der Waals surface area contributed by atoms with Gasteiger partial charge in [-0.25, -0.2) is 4.98 Å². The van der Waals surface area contributed by atoms with E-state index in [0.717, 1.165) is 54.5 Å². The SMILES string of the molecule is CCOc1ccc(Nc2nc(NCC3CCCO3)cc(-c3ccccc3)n2)cc1. The van der Waals surface area contributed by atoms with Crippen LogP contribution in [0.4, 0.5) is 17.5 Å². The third-order valence-corrected chi connectivity index (χ3v) is 4.75. The van der Waals surface area contributed by atoms with Crippen molar-refractivity contribution in [2.24, 2.45) is 0 Å². The smallest absolute Gasteiger partial charge is 0.229 e. The zero-order valence-corrected chi connectivity index (χ0v) is 16.6. The molecule has 1 fully saturated rings. The van der Waals surface area contributed by atoms with Crippen LogP contribution in [-0.2, 0) is 4.74 Å². The normalized spacial score (nSPS) is 15.8. The Bertz CT molecular complexity index is 910. The number of benzene rings is 2. The summed E-state index contributed by atoms with van der Waals surface area (Å²) < 4.78 is 11.2. The van der Waals surface area contributed by atoms with Crippen LogP contribution in [0.5, 0.6) is 5.75 Å². The van der Waals surface area contributed by atoms with Crippen molar-refractivity contribution in [3.05, 3.63) is 60.7 Å².